The summed E-state index contributed by atoms with van der Waals surface area (Å²) >= 11 is 1.87. The van der Waals surface area contributed by atoms with E-state index < -0.39 is 55.8 Å². The zero-order chi connectivity index (χ0) is 50.4. The number of benzene rings is 1. The second kappa shape index (κ2) is 29.5. The summed E-state index contributed by atoms with van der Waals surface area (Å²) in [7, 11) is -3.00. The van der Waals surface area contributed by atoms with Gasteiger partial charge in [-0.2, -0.15) is 16.8 Å². The molecular weight excluding hydrogens is 966 g/mol. The molecule has 4 unspecified atom stereocenters. The number of amides is 7. The van der Waals surface area contributed by atoms with Crippen molar-refractivity contribution in [2.75, 3.05) is 84.8 Å². The maximum Gasteiger partial charge on any atom is 0.695 e. The molecule has 5 rings (SSSR count). The number of amidine groups is 1. The number of fused-ring (bicyclic) bond motifs is 1. The summed E-state index contributed by atoms with van der Waals surface area (Å²) in [5, 5.41) is 36.8. The molecular formula is C42H65N9O17PS+. The molecule has 0 spiro atoms. The molecule has 0 aromatic heterocycles. The van der Waals surface area contributed by atoms with Gasteiger partial charge in [-0.1, -0.05) is 12.5 Å². The molecule has 0 aliphatic carbocycles. The normalized spacial score (nSPS) is 23.5. The second-order valence-corrected chi connectivity index (χ2v) is 18.7. The monoisotopic (exact) mass is 1030 g/mol. The Morgan fingerprint density at radius 2 is 1.67 bits per heavy atom. The summed E-state index contributed by atoms with van der Waals surface area (Å²) in [5.41, 5.74) is 6.38. The van der Waals surface area contributed by atoms with Crippen LogP contribution in [-0.4, -0.2) is 176 Å². The van der Waals surface area contributed by atoms with Crippen molar-refractivity contribution in [1.29, 1.82) is 0 Å². The van der Waals surface area contributed by atoms with Crippen LogP contribution in [0.3, 0.4) is 0 Å². The number of rotatable bonds is 32. The van der Waals surface area contributed by atoms with Gasteiger partial charge in [-0.3, -0.25) is 24.6 Å². The fraction of sp³-hybridized carbons (Fsp3) is 0.714. The van der Waals surface area contributed by atoms with Crippen LogP contribution in [0.25, 0.3) is 0 Å². The smallest absolute Gasteiger partial charge is 0.441 e. The number of aliphatic imine (C=N–C) groups is 1. The lowest BCUT2D eigenvalue weighted by atomic mass is 9.99. The lowest BCUT2D eigenvalue weighted by Crippen LogP contribution is -2.53. The number of alkyl carbamates (subject to hydrolysis) is 1. The van der Waals surface area contributed by atoms with Crippen LogP contribution in [0.4, 0.5) is 20.1 Å². The number of nitro benzene ring substituents is 1. The van der Waals surface area contributed by atoms with Gasteiger partial charge >= 0.3 is 26.4 Å². The summed E-state index contributed by atoms with van der Waals surface area (Å²) < 4.78 is 48.7. The fourth-order valence-electron chi connectivity index (χ4n) is 8.04. The van der Waals surface area contributed by atoms with Crippen LogP contribution in [0.15, 0.2) is 23.2 Å². The van der Waals surface area contributed by atoms with Crippen LogP contribution >= 0.6 is 20.0 Å². The quantitative estimate of drug-likeness (QED) is 0.0165. The summed E-state index contributed by atoms with van der Waals surface area (Å²) in [6.45, 7) is 4.41. The molecule has 4 aliphatic rings. The standard InChI is InChI=1S/C42H64N9O17PS/c1-26(67-42(57)45-11-4-5-28-23-50(41(56)49-38(28)43)39-37(54)32(24-66-39)68-69(60)61)29-21-27(8-9-31(29)51(58)59)22-46-35(53)10-13-62-15-17-64-19-20-65-18-16-63-14-12-44-34(52)7-3-2-6-33-36-30(25-70-33)47-40(55)48-36/h8-9,21,26,28,30,32-33,36-37,39,54H,2-7,10-20,22-25H2,1H3,(H7-,43,44,45,46,47,48,49,52,53,55,56,57,60,61)/p+1/t26?,28?,30-,32?,33-,36-,37-,39+/m0/s1. The maximum atomic E-state index is 12.7. The number of aliphatic hydroxyl groups excluding tert-OH is 1. The van der Waals surface area contributed by atoms with E-state index in [1.165, 1.54) is 25.1 Å². The first-order valence-electron chi connectivity index (χ1n) is 23.2. The minimum Gasteiger partial charge on any atom is -0.441 e. The molecule has 4 aliphatic heterocycles. The van der Waals surface area contributed by atoms with Gasteiger partial charge in [0.2, 0.25) is 11.8 Å². The number of urea groups is 2. The fourth-order valence-corrected chi connectivity index (χ4v) is 10.00. The number of thioether (sulfide) groups is 1. The van der Waals surface area contributed by atoms with Gasteiger partial charge < -0.3 is 65.8 Å². The number of nitro groups is 1. The number of hydrogen-bond donors (Lipinski definition) is 8. The third-order valence-electron chi connectivity index (χ3n) is 11.7. The lowest BCUT2D eigenvalue weighted by Gasteiger charge is -2.34. The van der Waals surface area contributed by atoms with Crippen LogP contribution in [0, 0.1) is 16.0 Å². The molecule has 3 saturated heterocycles. The molecule has 9 N–H and O–H groups in total. The zero-order valence-corrected chi connectivity index (χ0v) is 40.7. The number of nitrogens with two attached hydrogens (primary N) is 1. The molecule has 7 amide bonds. The van der Waals surface area contributed by atoms with Crippen LogP contribution in [0.2, 0.25) is 0 Å². The Kier molecular flexibility index (Phi) is 23.6. The molecule has 3 fully saturated rings. The molecule has 26 nitrogen and oxygen atoms in total. The minimum absolute atomic E-state index is 0.00596. The van der Waals surface area contributed by atoms with E-state index in [4.69, 9.17) is 43.6 Å². The third-order valence-corrected chi connectivity index (χ3v) is 13.6. The van der Waals surface area contributed by atoms with Crippen molar-refractivity contribution >= 4 is 61.5 Å². The van der Waals surface area contributed by atoms with Crippen molar-refractivity contribution in [3.8, 4) is 0 Å². The van der Waals surface area contributed by atoms with Gasteiger partial charge in [0.15, 0.2) is 12.3 Å². The second-order valence-electron chi connectivity index (χ2n) is 16.7. The summed E-state index contributed by atoms with van der Waals surface area (Å²) in [4.78, 5) is 86.6. The number of carbonyl (C=O) groups is 5. The van der Waals surface area contributed by atoms with Crippen LogP contribution in [0.5, 0.6) is 0 Å². The zero-order valence-electron chi connectivity index (χ0n) is 39.0. The summed E-state index contributed by atoms with van der Waals surface area (Å²) in [5.74, 6) is 0.205. The molecule has 390 valence electrons. The predicted molar refractivity (Wildman–Crippen MR) is 250 cm³/mol. The van der Waals surface area contributed by atoms with Crippen LogP contribution < -0.4 is 32.3 Å². The van der Waals surface area contributed by atoms with Crippen molar-refractivity contribution in [1.82, 2.24) is 31.5 Å². The molecule has 1 aromatic rings. The first-order valence-corrected chi connectivity index (χ1v) is 25.4. The highest BCUT2D eigenvalue weighted by molar-refractivity contribution is 8.00. The summed E-state index contributed by atoms with van der Waals surface area (Å²) in [6.07, 6.45) is -1.64. The number of nitrogens with one attached hydrogen (secondary N) is 5. The van der Waals surface area contributed by atoms with Gasteiger partial charge in [0, 0.05) is 66.6 Å². The van der Waals surface area contributed by atoms with Gasteiger partial charge in [-0.15, -0.1) is 9.42 Å². The Bertz CT molecular complexity index is 1980. The molecule has 1 aromatic carbocycles. The molecule has 0 radical (unpaired) electrons. The van der Waals surface area contributed by atoms with Gasteiger partial charge in [-0.05, 0) is 44.2 Å². The average Bonchev–Trinajstić information content (AvgIpc) is 4.00. The van der Waals surface area contributed by atoms with Crippen LogP contribution in [-0.2, 0) is 53.6 Å². The number of nitrogens with zero attached hydrogens (tertiary/aromatic N) is 3. The first kappa shape index (κ1) is 56.1. The third kappa shape index (κ3) is 18.4. The topological polar surface area (TPSA) is 352 Å². The molecule has 4 heterocycles. The SMILES string of the molecule is CC(OC(=O)NCCCC1CN([C@@H]2OCC(O[P+](=O)O)[C@@H]2O)C(=O)N=C1N)c1cc(CNC(=O)CCOCCOCCOCCOCCNC(=O)CCCC[C@@H]2SC[C@@H]3NC(=O)N[C@@H]32)ccc1[N+](=O)[O-]. The Morgan fingerprint density at radius 3 is 2.39 bits per heavy atom. The van der Waals surface area contributed by atoms with Crippen LogP contribution in [0.1, 0.15) is 69.1 Å². The number of unbranched alkanes of at least 4 members (excludes halogenated alkanes) is 1. The maximum absolute atomic E-state index is 12.7. The molecule has 28 heteroatoms. The highest BCUT2D eigenvalue weighted by Gasteiger charge is 2.48. The Hall–Kier alpha value is -4.83. The van der Waals surface area contributed by atoms with E-state index in [-0.39, 0.29) is 92.9 Å². The number of aliphatic hydroxyl groups is 1. The Balaban J connectivity index is 0.846. The van der Waals surface area contributed by atoms with E-state index in [1.807, 2.05) is 11.8 Å². The van der Waals surface area contributed by atoms with Gasteiger partial charge in [0.1, 0.15) is 18.0 Å². The predicted octanol–water partition coefficient (Wildman–Crippen LogP) is 1.24. The van der Waals surface area contributed by atoms with E-state index in [0.717, 1.165) is 29.9 Å². The highest BCUT2D eigenvalue weighted by Crippen LogP contribution is 2.34. The van der Waals surface area contributed by atoms with Gasteiger partial charge in [0.05, 0.1) is 82.0 Å². The molecule has 9 atom stereocenters. The van der Waals surface area contributed by atoms with Gasteiger partial charge in [-0.25, -0.2) is 14.4 Å². The van der Waals surface area contributed by atoms with E-state index in [0.29, 0.717) is 76.3 Å². The van der Waals surface area contributed by atoms with E-state index in [1.54, 1.807) is 0 Å². The van der Waals surface area contributed by atoms with Gasteiger partial charge in [0.25, 0.3) is 5.69 Å². The Labute approximate surface area is 409 Å². The number of hydrogen-bond acceptors (Lipinski definition) is 18. The van der Waals surface area contributed by atoms with Crippen molar-refractivity contribution in [2.45, 2.75) is 100 Å². The molecule has 0 bridgehead atoms. The molecule has 0 saturated carbocycles. The van der Waals surface area contributed by atoms with E-state index >= 15 is 0 Å². The first-order chi connectivity index (χ1) is 33.7. The van der Waals surface area contributed by atoms with Crippen molar-refractivity contribution < 1.29 is 76.4 Å². The minimum atomic E-state index is -3.00. The largest absolute Gasteiger partial charge is 0.695 e. The number of ether oxygens (including phenoxy) is 6. The van der Waals surface area contributed by atoms with E-state index in [9.17, 15) is 43.8 Å². The average molecular weight is 1030 g/mol. The molecule has 70 heavy (non-hydrogen) atoms. The highest BCUT2D eigenvalue weighted by atomic mass is 32.2. The van der Waals surface area contributed by atoms with E-state index in [2.05, 4.69) is 31.6 Å². The number of carbonyl (C=O) groups excluding carboxylic acids is 5. The van der Waals surface area contributed by atoms with Crippen molar-refractivity contribution in [3.63, 3.8) is 0 Å². The van der Waals surface area contributed by atoms with Crippen molar-refractivity contribution in [3.05, 3.63) is 39.4 Å². The van der Waals surface area contributed by atoms with Crippen molar-refractivity contribution in [2.24, 2.45) is 16.6 Å². The Morgan fingerprint density at radius 1 is 0.971 bits per heavy atom. The lowest BCUT2D eigenvalue weighted by molar-refractivity contribution is -0.386. The summed E-state index contributed by atoms with van der Waals surface area (Å²) in [6, 6.07) is 3.80.